The van der Waals surface area contributed by atoms with Crippen molar-refractivity contribution in [3.63, 3.8) is 0 Å². The van der Waals surface area contributed by atoms with Crippen molar-refractivity contribution in [3.05, 3.63) is 18.1 Å². The molecule has 2 rings (SSSR count). The summed E-state index contributed by atoms with van der Waals surface area (Å²) in [5.74, 6) is 2.35. The molecule has 0 aliphatic carbocycles. The Kier molecular flexibility index (Phi) is 3.17. The van der Waals surface area contributed by atoms with Gasteiger partial charge in [-0.15, -0.1) is 0 Å². The van der Waals surface area contributed by atoms with Gasteiger partial charge in [-0.3, -0.25) is 4.79 Å². The normalized spacial score (nSPS) is 17.5. The molecule has 1 aliphatic rings. The number of piperidine rings is 1. The quantitative estimate of drug-likeness (QED) is 0.757. The fraction of sp³-hybridized carbons (Fsp3) is 0.583. The molecule has 4 nitrogen and oxygen atoms in total. The van der Waals surface area contributed by atoms with E-state index in [1.807, 2.05) is 13.0 Å². The average molecular weight is 219 g/mol. The molecule has 2 heterocycles. The van der Waals surface area contributed by atoms with Crippen molar-refractivity contribution in [2.45, 2.75) is 26.7 Å². The van der Waals surface area contributed by atoms with Gasteiger partial charge in [-0.1, -0.05) is 0 Å². The number of hydrogen-bond donors (Lipinski definition) is 0. The van der Waals surface area contributed by atoms with E-state index in [0.717, 1.165) is 37.6 Å². The van der Waals surface area contributed by atoms with E-state index < -0.39 is 0 Å². The summed E-state index contributed by atoms with van der Waals surface area (Å²) >= 11 is 0. The van der Waals surface area contributed by atoms with Gasteiger partial charge >= 0.3 is 0 Å². The second-order valence-electron chi connectivity index (χ2n) is 4.33. The number of hydrogen-bond acceptors (Lipinski definition) is 4. The van der Waals surface area contributed by atoms with Crippen molar-refractivity contribution in [3.8, 4) is 0 Å². The van der Waals surface area contributed by atoms with E-state index in [0.29, 0.717) is 5.78 Å². The zero-order valence-corrected chi connectivity index (χ0v) is 9.81. The van der Waals surface area contributed by atoms with E-state index >= 15 is 0 Å². The largest absolute Gasteiger partial charge is 0.356 e. The Bertz CT molecular complexity index is 384. The molecule has 1 fully saturated rings. The lowest BCUT2D eigenvalue weighted by Crippen LogP contribution is -2.36. The number of carbonyl (C=O) groups excluding carboxylic acids is 1. The highest BCUT2D eigenvalue weighted by Gasteiger charge is 2.22. The van der Waals surface area contributed by atoms with Crippen molar-refractivity contribution in [1.82, 2.24) is 9.97 Å². The van der Waals surface area contributed by atoms with Crippen LogP contribution in [-0.4, -0.2) is 28.8 Å². The highest BCUT2D eigenvalue weighted by atomic mass is 16.1. The number of rotatable bonds is 2. The number of Topliss-reactive ketones (excluding diaryl/α,β-unsaturated/α-hetero) is 1. The van der Waals surface area contributed by atoms with E-state index in [-0.39, 0.29) is 5.92 Å². The summed E-state index contributed by atoms with van der Waals surface area (Å²) in [5, 5.41) is 0. The minimum atomic E-state index is 0.249. The Balaban J connectivity index is 2.01. The van der Waals surface area contributed by atoms with Crippen LogP contribution in [-0.2, 0) is 4.79 Å². The summed E-state index contributed by atoms with van der Waals surface area (Å²) in [6.45, 7) is 5.42. The van der Waals surface area contributed by atoms with Gasteiger partial charge < -0.3 is 4.90 Å². The van der Waals surface area contributed by atoms with Crippen molar-refractivity contribution in [1.29, 1.82) is 0 Å². The van der Waals surface area contributed by atoms with E-state index in [1.54, 1.807) is 13.1 Å². The van der Waals surface area contributed by atoms with Crippen LogP contribution in [0.5, 0.6) is 0 Å². The molecule has 86 valence electrons. The molecule has 4 heteroatoms. The van der Waals surface area contributed by atoms with Gasteiger partial charge in [0, 0.05) is 25.2 Å². The third-order valence-corrected chi connectivity index (χ3v) is 3.16. The minimum absolute atomic E-state index is 0.249. The maximum atomic E-state index is 11.3. The molecule has 0 amide bonds. The van der Waals surface area contributed by atoms with E-state index in [9.17, 15) is 4.79 Å². The molecule has 1 saturated heterocycles. The predicted molar refractivity (Wildman–Crippen MR) is 62.4 cm³/mol. The van der Waals surface area contributed by atoms with Gasteiger partial charge in [0.1, 0.15) is 17.4 Å². The molecule has 0 radical (unpaired) electrons. The fourth-order valence-electron chi connectivity index (χ4n) is 2.13. The molecule has 0 aromatic carbocycles. The van der Waals surface area contributed by atoms with Gasteiger partial charge in [0.25, 0.3) is 0 Å². The number of aryl methyl sites for hydroxylation is 1. The lowest BCUT2D eigenvalue weighted by atomic mass is 9.93. The first-order chi connectivity index (χ1) is 7.66. The first kappa shape index (κ1) is 11.0. The van der Waals surface area contributed by atoms with Gasteiger partial charge in [-0.25, -0.2) is 9.97 Å². The summed E-state index contributed by atoms with van der Waals surface area (Å²) in [6, 6.07) is 1.93. The van der Waals surface area contributed by atoms with Crippen LogP contribution in [0.25, 0.3) is 0 Å². The second kappa shape index (κ2) is 4.60. The van der Waals surface area contributed by atoms with E-state index in [1.165, 1.54) is 0 Å². The predicted octanol–water partition coefficient (Wildman–Crippen LogP) is 1.59. The van der Waals surface area contributed by atoms with E-state index in [4.69, 9.17) is 0 Å². The van der Waals surface area contributed by atoms with Crippen molar-refractivity contribution in [2.24, 2.45) is 5.92 Å². The fourth-order valence-corrected chi connectivity index (χ4v) is 2.13. The number of nitrogens with zero attached hydrogens (tertiary/aromatic N) is 3. The zero-order chi connectivity index (χ0) is 11.5. The smallest absolute Gasteiger partial charge is 0.133 e. The lowest BCUT2D eigenvalue weighted by molar-refractivity contribution is -0.121. The third-order valence-electron chi connectivity index (χ3n) is 3.16. The second-order valence-corrected chi connectivity index (χ2v) is 4.33. The molecule has 0 atom stereocenters. The van der Waals surface area contributed by atoms with Crippen LogP contribution in [0.3, 0.4) is 0 Å². The Hall–Kier alpha value is -1.45. The first-order valence-corrected chi connectivity index (χ1v) is 5.72. The topological polar surface area (TPSA) is 46.1 Å². The van der Waals surface area contributed by atoms with Crippen molar-refractivity contribution in [2.75, 3.05) is 18.0 Å². The molecular formula is C12H17N3O. The molecule has 1 aromatic heterocycles. The molecule has 0 N–H and O–H groups in total. The summed E-state index contributed by atoms with van der Waals surface area (Å²) in [5.41, 5.74) is 0. The van der Waals surface area contributed by atoms with Gasteiger partial charge in [-0.2, -0.15) is 0 Å². The van der Waals surface area contributed by atoms with Crippen LogP contribution in [0.1, 0.15) is 25.6 Å². The van der Waals surface area contributed by atoms with Crippen LogP contribution in [0.4, 0.5) is 5.82 Å². The van der Waals surface area contributed by atoms with Gasteiger partial charge in [0.15, 0.2) is 0 Å². The summed E-state index contributed by atoms with van der Waals surface area (Å²) < 4.78 is 0. The Morgan fingerprint density at radius 2 is 2.12 bits per heavy atom. The number of aromatic nitrogens is 2. The average Bonchev–Trinajstić information content (AvgIpc) is 2.29. The van der Waals surface area contributed by atoms with Gasteiger partial charge in [0.05, 0.1) is 0 Å². The van der Waals surface area contributed by atoms with Crippen LogP contribution >= 0.6 is 0 Å². The first-order valence-electron chi connectivity index (χ1n) is 5.72. The molecule has 0 saturated carbocycles. The summed E-state index contributed by atoms with van der Waals surface area (Å²) in [4.78, 5) is 22.0. The highest BCUT2D eigenvalue weighted by Crippen LogP contribution is 2.21. The van der Waals surface area contributed by atoms with Crippen molar-refractivity contribution < 1.29 is 4.79 Å². The number of carbonyl (C=O) groups is 1. The molecular weight excluding hydrogens is 202 g/mol. The summed E-state index contributed by atoms with van der Waals surface area (Å²) in [6.07, 6.45) is 3.67. The van der Waals surface area contributed by atoms with Gasteiger partial charge in [-0.05, 0) is 32.8 Å². The maximum Gasteiger partial charge on any atom is 0.133 e. The molecule has 0 bridgehead atoms. The lowest BCUT2D eigenvalue weighted by Gasteiger charge is -2.31. The zero-order valence-electron chi connectivity index (χ0n) is 9.81. The molecule has 0 unspecified atom stereocenters. The van der Waals surface area contributed by atoms with Crippen LogP contribution in [0.15, 0.2) is 12.3 Å². The Morgan fingerprint density at radius 1 is 1.44 bits per heavy atom. The SMILES string of the molecule is CC(=O)C1CCN(c2ccnc(C)n2)CC1. The Morgan fingerprint density at radius 3 is 2.69 bits per heavy atom. The molecule has 1 aromatic rings. The minimum Gasteiger partial charge on any atom is -0.356 e. The number of ketones is 1. The highest BCUT2D eigenvalue weighted by molar-refractivity contribution is 5.78. The number of anilines is 1. The summed E-state index contributed by atoms with van der Waals surface area (Å²) in [7, 11) is 0. The molecule has 0 spiro atoms. The standard InChI is InChI=1S/C12H17N3O/c1-9(16)11-4-7-15(8-5-11)12-3-6-13-10(2)14-12/h3,6,11H,4-5,7-8H2,1-2H3. The Labute approximate surface area is 95.7 Å². The van der Waals surface area contributed by atoms with Crippen LogP contribution < -0.4 is 4.90 Å². The molecule has 16 heavy (non-hydrogen) atoms. The maximum absolute atomic E-state index is 11.3. The monoisotopic (exact) mass is 219 g/mol. The molecule has 1 aliphatic heterocycles. The van der Waals surface area contributed by atoms with Crippen LogP contribution in [0, 0.1) is 12.8 Å². The van der Waals surface area contributed by atoms with E-state index in [2.05, 4.69) is 14.9 Å². The van der Waals surface area contributed by atoms with Gasteiger partial charge in [0.2, 0.25) is 0 Å². The third kappa shape index (κ3) is 2.38. The van der Waals surface area contributed by atoms with Crippen molar-refractivity contribution >= 4 is 11.6 Å². The van der Waals surface area contributed by atoms with Crippen LogP contribution in [0.2, 0.25) is 0 Å².